The van der Waals surface area contributed by atoms with E-state index in [1.807, 2.05) is 0 Å². The molecule has 0 aliphatic carbocycles. The van der Waals surface area contributed by atoms with Crippen molar-refractivity contribution >= 4 is 17.0 Å². The predicted octanol–water partition coefficient (Wildman–Crippen LogP) is 0.336. The van der Waals surface area contributed by atoms with E-state index in [-0.39, 0.29) is 6.17 Å². The maximum absolute atomic E-state index is 11.2. The van der Waals surface area contributed by atoms with Gasteiger partial charge in [0.2, 0.25) is 0 Å². The number of ether oxygens (including phenoxy) is 2. The van der Waals surface area contributed by atoms with Crippen molar-refractivity contribution in [3.05, 3.63) is 0 Å². The molecular formula is C9H15ClN2O3. The van der Waals surface area contributed by atoms with E-state index in [4.69, 9.17) is 21.1 Å². The molecule has 2 fully saturated rings. The second-order valence-corrected chi connectivity index (χ2v) is 3.97. The van der Waals surface area contributed by atoms with Crippen molar-refractivity contribution in [1.82, 2.24) is 9.80 Å². The van der Waals surface area contributed by atoms with Crippen LogP contribution in [0, 0.1) is 0 Å². The number of carbonyl (C=O) groups is 1. The van der Waals surface area contributed by atoms with E-state index < -0.39 is 5.37 Å². The van der Waals surface area contributed by atoms with Gasteiger partial charge < -0.3 is 14.4 Å². The lowest BCUT2D eigenvalue weighted by atomic mass is 10.3. The highest BCUT2D eigenvalue weighted by molar-refractivity contribution is 6.62. The van der Waals surface area contributed by atoms with Crippen LogP contribution in [0.4, 0.5) is 4.79 Å². The van der Waals surface area contributed by atoms with Gasteiger partial charge >= 0.3 is 5.37 Å². The summed E-state index contributed by atoms with van der Waals surface area (Å²) in [7, 11) is 0. The van der Waals surface area contributed by atoms with Crippen molar-refractivity contribution in [2.24, 2.45) is 0 Å². The predicted molar refractivity (Wildman–Crippen MR) is 55.0 cm³/mol. The Balaban J connectivity index is 1.99. The van der Waals surface area contributed by atoms with Crippen LogP contribution in [-0.2, 0) is 9.47 Å². The molecule has 2 aliphatic heterocycles. The van der Waals surface area contributed by atoms with Crippen LogP contribution in [0.5, 0.6) is 0 Å². The van der Waals surface area contributed by atoms with Gasteiger partial charge in [-0.2, -0.15) is 0 Å². The molecule has 0 spiro atoms. The first-order chi connectivity index (χ1) is 7.29. The molecule has 0 bridgehead atoms. The van der Waals surface area contributed by atoms with Gasteiger partial charge in [-0.3, -0.25) is 9.69 Å². The molecule has 15 heavy (non-hydrogen) atoms. The third-order valence-electron chi connectivity index (χ3n) is 2.80. The molecule has 6 heteroatoms. The Hall–Kier alpha value is -0.360. The fraction of sp³-hybridized carbons (Fsp3) is 0.889. The first kappa shape index (κ1) is 11.1. The third-order valence-corrected chi connectivity index (χ3v) is 3.01. The van der Waals surface area contributed by atoms with Gasteiger partial charge in [-0.05, 0) is 11.6 Å². The van der Waals surface area contributed by atoms with Crippen LogP contribution in [0.2, 0.25) is 0 Å². The van der Waals surface area contributed by atoms with E-state index in [0.29, 0.717) is 33.0 Å². The summed E-state index contributed by atoms with van der Waals surface area (Å²) >= 11 is 5.54. The van der Waals surface area contributed by atoms with Crippen LogP contribution >= 0.6 is 11.6 Å². The molecule has 1 amide bonds. The Bertz CT molecular complexity index is 233. The molecular weight excluding hydrogens is 220 g/mol. The molecule has 2 rings (SSSR count). The summed E-state index contributed by atoms with van der Waals surface area (Å²) in [5, 5.41) is -0.394. The maximum atomic E-state index is 11.2. The SMILES string of the molecule is O=C(Cl)N1CCOCC1N1CCOCC1. The van der Waals surface area contributed by atoms with Crippen LogP contribution in [-0.4, -0.2) is 67.4 Å². The minimum atomic E-state index is -0.394. The van der Waals surface area contributed by atoms with Gasteiger partial charge in [0.05, 0.1) is 26.4 Å². The number of nitrogens with zero attached hydrogens (tertiary/aromatic N) is 2. The molecule has 2 saturated heterocycles. The van der Waals surface area contributed by atoms with Crippen molar-refractivity contribution in [2.75, 3.05) is 46.1 Å². The van der Waals surface area contributed by atoms with Crippen LogP contribution in [0.1, 0.15) is 0 Å². The Morgan fingerprint density at radius 1 is 1.13 bits per heavy atom. The summed E-state index contributed by atoms with van der Waals surface area (Å²) in [4.78, 5) is 15.1. The Morgan fingerprint density at radius 2 is 1.80 bits per heavy atom. The van der Waals surface area contributed by atoms with Crippen molar-refractivity contribution < 1.29 is 14.3 Å². The molecule has 0 radical (unpaired) electrons. The Morgan fingerprint density at radius 3 is 2.47 bits per heavy atom. The molecule has 2 heterocycles. The molecule has 1 atom stereocenters. The van der Waals surface area contributed by atoms with E-state index in [2.05, 4.69) is 4.90 Å². The molecule has 86 valence electrons. The van der Waals surface area contributed by atoms with E-state index >= 15 is 0 Å². The normalized spacial score (nSPS) is 29.1. The van der Waals surface area contributed by atoms with Crippen LogP contribution in [0.15, 0.2) is 0 Å². The van der Waals surface area contributed by atoms with Crippen LogP contribution in [0.25, 0.3) is 0 Å². The van der Waals surface area contributed by atoms with Crippen LogP contribution < -0.4 is 0 Å². The first-order valence-corrected chi connectivity index (χ1v) is 5.52. The highest BCUT2D eigenvalue weighted by atomic mass is 35.5. The van der Waals surface area contributed by atoms with E-state index in [1.54, 1.807) is 4.90 Å². The smallest absolute Gasteiger partial charge is 0.317 e. The summed E-state index contributed by atoms with van der Waals surface area (Å²) in [6.07, 6.45) is -0.0207. The number of hydrogen-bond donors (Lipinski definition) is 0. The van der Waals surface area contributed by atoms with Gasteiger partial charge in [-0.1, -0.05) is 0 Å². The fourth-order valence-electron chi connectivity index (χ4n) is 1.97. The molecule has 0 aromatic carbocycles. The molecule has 2 aliphatic rings. The summed E-state index contributed by atoms with van der Waals surface area (Å²) in [5.74, 6) is 0. The summed E-state index contributed by atoms with van der Waals surface area (Å²) < 4.78 is 10.6. The number of rotatable bonds is 1. The maximum Gasteiger partial charge on any atom is 0.317 e. The van der Waals surface area contributed by atoms with Gasteiger partial charge in [0.15, 0.2) is 0 Å². The van der Waals surface area contributed by atoms with Crippen molar-refractivity contribution in [2.45, 2.75) is 6.17 Å². The van der Waals surface area contributed by atoms with E-state index in [1.165, 1.54) is 0 Å². The average Bonchev–Trinajstić information content (AvgIpc) is 2.30. The second kappa shape index (κ2) is 5.12. The lowest BCUT2D eigenvalue weighted by molar-refractivity contribution is -0.0814. The summed E-state index contributed by atoms with van der Waals surface area (Å²) in [6, 6.07) is 0. The minimum absolute atomic E-state index is 0.0207. The van der Waals surface area contributed by atoms with E-state index in [9.17, 15) is 4.79 Å². The van der Waals surface area contributed by atoms with Crippen LogP contribution in [0.3, 0.4) is 0 Å². The van der Waals surface area contributed by atoms with Crippen molar-refractivity contribution in [3.8, 4) is 0 Å². The summed E-state index contributed by atoms with van der Waals surface area (Å²) in [5.41, 5.74) is 0. The van der Waals surface area contributed by atoms with Crippen molar-refractivity contribution in [3.63, 3.8) is 0 Å². The van der Waals surface area contributed by atoms with Gasteiger partial charge in [0, 0.05) is 19.6 Å². The molecule has 1 unspecified atom stereocenters. The number of halogens is 1. The highest BCUT2D eigenvalue weighted by Gasteiger charge is 2.31. The highest BCUT2D eigenvalue weighted by Crippen LogP contribution is 2.15. The number of morpholine rings is 2. The van der Waals surface area contributed by atoms with E-state index in [0.717, 1.165) is 13.1 Å². The molecule has 5 nitrogen and oxygen atoms in total. The molecule has 0 aromatic heterocycles. The number of carbonyl (C=O) groups excluding carboxylic acids is 1. The lowest BCUT2D eigenvalue weighted by Gasteiger charge is -2.42. The zero-order valence-corrected chi connectivity index (χ0v) is 9.28. The molecule has 0 N–H and O–H groups in total. The zero-order valence-electron chi connectivity index (χ0n) is 8.52. The van der Waals surface area contributed by atoms with Gasteiger partial charge in [0.1, 0.15) is 6.17 Å². The fourth-order valence-corrected chi connectivity index (χ4v) is 2.17. The molecule has 0 saturated carbocycles. The average molecular weight is 235 g/mol. The van der Waals surface area contributed by atoms with Gasteiger partial charge in [-0.15, -0.1) is 0 Å². The monoisotopic (exact) mass is 234 g/mol. The largest absolute Gasteiger partial charge is 0.379 e. The zero-order chi connectivity index (χ0) is 10.7. The molecule has 0 aromatic rings. The third kappa shape index (κ3) is 2.60. The lowest BCUT2D eigenvalue weighted by Crippen LogP contribution is -2.58. The summed E-state index contributed by atoms with van der Waals surface area (Å²) in [6.45, 7) is 4.76. The standard InChI is InChI=1S/C9H15ClN2O3/c10-9(13)12-3-6-15-7-8(12)11-1-4-14-5-2-11/h8H,1-7H2. The number of hydrogen-bond acceptors (Lipinski definition) is 4. The number of amides is 1. The Kier molecular flexibility index (Phi) is 3.80. The van der Waals surface area contributed by atoms with Gasteiger partial charge in [0.25, 0.3) is 0 Å². The Labute approximate surface area is 93.9 Å². The van der Waals surface area contributed by atoms with Crippen molar-refractivity contribution in [1.29, 1.82) is 0 Å². The first-order valence-electron chi connectivity index (χ1n) is 5.14. The van der Waals surface area contributed by atoms with Gasteiger partial charge in [-0.25, -0.2) is 0 Å². The quantitative estimate of drug-likeness (QED) is 0.485. The minimum Gasteiger partial charge on any atom is -0.379 e. The second-order valence-electron chi connectivity index (χ2n) is 3.65. The topological polar surface area (TPSA) is 42.0 Å².